The van der Waals surface area contributed by atoms with Gasteiger partial charge in [-0.3, -0.25) is 4.79 Å². The Kier molecular flexibility index (Phi) is 4.96. The van der Waals surface area contributed by atoms with E-state index in [0.717, 1.165) is 18.1 Å². The molecule has 0 radical (unpaired) electrons. The number of carbonyl (C=O) groups is 1. The van der Waals surface area contributed by atoms with E-state index in [0.29, 0.717) is 41.6 Å². The standard InChI is InChI=1S/C18H16F3N5OS/c19-18(20,21)16-11-3-1-2-4-12(11)23-15(24-16)7-8-22-17(27)10-5-6-13-14(9-10)26-28-25-13/h5-6,9H,1-4,7-8H2,(H,22,27). The van der Waals surface area contributed by atoms with Gasteiger partial charge in [-0.2, -0.15) is 21.9 Å². The Morgan fingerprint density at radius 2 is 1.89 bits per heavy atom. The topological polar surface area (TPSA) is 80.7 Å². The van der Waals surface area contributed by atoms with Crippen LogP contribution in [0.25, 0.3) is 11.0 Å². The fourth-order valence-corrected chi connectivity index (χ4v) is 3.82. The van der Waals surface area contributed by atoms with Crippen molar-refractivity contribution in [1.82, 2.24) is 24.0 Å². The summed E-state index contributed by atoms with van der Waals surface area (Å²) in [5.41, 5.74) is 1.63. The zero-order valence-corrected chi connectivity index (χ0v) is 15.5. The van der Waals surface area contributed by atoms with Crippen LogP contribution in [0.4, 0.5) is 13.2 Å². The molecule has 10 heteroatoms. The lowest BCUT2D eigenvalue weighted by Gasteiger charge is -2.20. The molecule has 6 nitrogen and oxygen atoms in total. The normalized spacial score (nSPS) is 14.1. The minimum Gasteiger partial charge on any atom is -0.352 e. The smallest absolute Gasteiger partial charge is 0.352 e. The highest BCUT2D eigenvalue weighted by Crippen LogP contribution is 2.34. The highest BCUT2D eigenvalue weighted by molar-refractivity contribution is 7.00. The van der Waals surface area contributed by atoms with Crippen LogP contribution in [0.1, 0.15) is 46.0 Å². The van der Waals surface area contributed by atoms with Crippen molar-refractivity contribution < 1.29 is 18.0 Å². The number of nitrogens with one attached hydrogen (secondary N) is 1. The summed E-state index contributed by atoms with van der Waals surface area (Å²) in [4.78, 5) is 20.4. The van der Waals surface area contributed by atoms with E-state index >= 15 is 0 Å². The second-order valence-corrected chi connectivity index (χ2v) is 7.12. The van der Waals surface area contributed by atoms with Gasteiger partial charge in [0.15, 0.2) is 5.69 Å². The third kappa shape index (κ3) is 3.82. The number of halogens is 3. The van der Waals surface area contributed by atoms with E-state index in [-0.39, 0.29) is 30.3 Å². The van der Waals surface area contributed by atoms with Crippen LogP contribution in [0.3, 0.4) is 0 Å². The van der Waals surface area contributed by atoms with Crippen molar-refractivity contribution in [2.45, 2.75) is 38.3 Å². The molecule has 0 saturated heterocycles. The summed E-state index contributed by atoms with van der Waals surface area (Å²) < 4.78 is 48.2. The van der Waals surface area contributed by atoms with Crippen molar-refractivity contribution >= 4 is 28.7 Å². The highest BCUT2D eigenvalue weighted by atomic mass is 32.1. The van der Waals surface area contributed by atoms with Crippen LogP contribution < -0.4 is 5.32 Å². The number of rotatable bonds is 4. The molecule has 3 aromatic rings. The van der Waals surface area contributed by atoms with Crippen molar-refractivity contribution in [3.8, 4) is 0 Å². The predicted octanol–water partition coefficient (Wildman–Crippen LogP) is 3.35. The molecule has 2 heterocycles. The molecule has 2 aromatic heterocycles. The van der Waals surface area contributed by atoms with Gasteiger partial charge in [0.2, 0.25) is 0 Å². The molecule has 0 saturated carbocycles. The number of aromatic nitrogens is 4. The van der Waals surface area contributed by atoms with Gasteiger partial charge in [-0.15, -0.1) is 0 Å². The van der Waals surface area contributed by atoms with Crippen LogP contribution in [0.15, 0.2) is 18.2 Å². The van der Waals surface area contributed by atoms with E-state index in [1.807, 2.05) is 0 Å². The molecule has 0 spiro atoms. The van der Waals surface area contributed by atoms with Gasteiger partial charge in [0.25, 0.3) is 5.91 Å². The van der Waals surface area contributed by atoms with Gasteiger partial charge in [0.1, 0.15) is 16.9 Å². The Balaban J connectivity index is 1.46. The summed E-state index contributed by atoms with van der Waals surface area (Å²) in [6.45, 7) is 0.141. The van der Waals surface area contributed by atoms with Gasteiger partial charge in [-0.25, -0.2) is 9.97 Å². The summed E-state index contributed by atoms with van der Waals surface area (Å²) in [6.07, 6.45) is -1.95. The van der Waals surface area contributed by atoms with E-state index < -0.39 is 11.9 Å². The minimum atomic E-state index is -4.50. The SMILES string of the molecule is O=C(NCCc1nc2c(c(C(F)(F)F)n1)CCCC2)c1ccc2nsnc2c1. The number of amides is 1. The van der Waals surface area contributed by atoms with Crippen molar-refractivity contribution in [3.05, 3.63) is 46.5 Å². The van der Waals surface area contributed by atoms with E-state index in [2.05, 4.69) is 24.0 Å². The lowest BCUT2D eigenvalue weighted by molar-refractivity contribution is -0.142. The Hall–Kier alpha value is -2.62. The minimum absolute atomic E-state index is 0.104. The maximum Gasteiger partial charge on any atom is 0.433 e. The zero-order valence-electron chi connectivity index (χ0n) is 14.7. The number of aryl methyl sites for hydroxylation is 1. The number of hydrogen-bond donors (Lipinski definition) is 1. The summed E-state index contributed by atoms with van der Waals surface area (Å²) in [5, 5.41) is 2.70. The third-order valence-electron chi connectivity index (χ3n) is 4.65. The average Bonchev–Trinajstić information content (AvgIpc) is 3.14. The predicted molar refractivity (Wildman–Crippen MR) is 97.1 cm³/mol. The number of benzene rings is 1. The van der Waals surface area contributed by atoms with Gasteiger partial charge in [-0.05, 0) is 43.9 Å². The fraction of sp³-hybridized carbons (Fsp3) is 0.389. The maximum atomic E-state index is 13.4. The van der Waals surface area contributed by atoms with Crippen LogP contribution in [0, 0.1) is 0 Å². The quantitative estimate of drug-likeness (QED) is 0.717. The monoisotopic (exact) mass is 407 g/mol. The molecule has 28 heavy (non-hydrogen) atoms. The maximum absolute atomic E-state index is 13.4. The van der Waals surface area contributed by atoms with Gasteiger partial charge in [0, 0.05) is 29.8 Å². The zero-order chi connectivity index (χ0) is 19.7. The van der Waals surface area contributed by atoms with Crippen molar-refractivity contribution in [1.29, 1.82) is 0 Å². The van der Waals surface area contributed by atoms with Gasteiger partial charge < -0.3 is 5.32 Å². The Bertz CT molecular complexity index is 1030. The molecule has 0 bridgehead atoms. The van der Waals surface area contributed by atoms with E-state index in [4.69, 9.17) is 0 Å². The first kappa shape index (κ1) is 18.7. The summed E-state index contributed by atoms with van der Waals surface area (Å²) >= 11 is 1.06. The molecule has 4 rings (SSSR count). The molecule has 0 unspecified atom stereocenters. The van der Waals surface area contributed by atoms with E-state index in [9.17, 15) is 18.0 Å². The molecule has 1 N–H and O–H groups in total. The molecule has 1 aromatic carbocycles. The van der Waals surface area contributed by atoms with Crippen molar-refractivity contribution in [2.75, 3.05) is 6.54 Å². The van der Waals surface area contributed by atoms with Crippen LogP contribution in [0.2, 0.25) is 0 Å². The molecule has 146 valence electrons. The molecular weight excluding hydrogens is 391 g/mol. The Morgan fingerprint density at radius 1 is 1.11 bits per heavy atom. The molecular formula is C18H16F3N5OS. The largest absolute Gasteiger partial charge is 0.433 e. The van der Waals surface area contributed by atoms with Crippen molar-refractivity contribution in [2.24, 2.45) is 0 Å². The summed E-state index contributed by atoms with van der Waals surface area (Å²) in [7, 11) is 0. The van der Waals surface area contributed by atoms with Crippen LogP contribution >= 0.6 is 11.7 Å². The number of carbonyl (C=O) groups excluding carboxylic acids is 1. The third-order valence-corrected chi connectivity index (χ3v) is 5.20. The highest BCUT2D eigenvalue weighted by Gasteiger charge is 2.37. The average molecular weight is 407 g/mol. The number of hydrogen-bond acceptors (Lipinski definition) is 6. The number of nitrogens with zero attached hydrogens (tertiary/aromatic N) is 4. The molecule has 1 aliphatic rings. The van der Waals surface area contributed by atoms with Crippen LogP contribution in [-0.4, -0.2) is 31.2 Å². The van der Waals surface area contributed by atoms with Crippen LogP contribution in [0.5, 0.6) is 0 Å². The molecule has 1 aliphatic carbocycles. The van der Waals surface area contributed by atoms with E-state index in [1.54, 1.807) is 18.2 Å². The molecule has 0 atom stereocenters. The van der Waals surface area contributed by atoms with Gasteiger partial charge in [0.05, 0.1) is 11.7 Å². The van der Waals surface area contributed by atoms with E-state index in [1.165, 1.54) is 0 Å². The lowest BCUT2D eigenvalue weighted by Crippen LogP contribution is -2.27. The first-order chi connectivity index (χ1) is 13.4. The second-order valence-electron chi connectivity index (χ2n) is 6.59. The summed E-state index contributed by atoms with van der Waals surface area (Å²) in [5.74, 6) is -0.226. The number of alkyl halides is 3. The Morgan fingerprint density at radius 3 is 2.71 bits per heavy atom. The lowest BCUT2D eigenvalue weighted by atomic mass is 9.94. The number of fused-ring (bicyclic) bond motifs is 2. The molecule has 0 aliphatic heterocycles. The second kappa shape index (κ2) is 7.42. The summed E-state index contributed by atoms with van der Waals surface area (Å²) in [6, 6.07) is 4.97. The van der Waals surface area contributed by atoms with Gasteiger partial charge in [-0.1, -0.05) is 0 Å². The van der Waals surface area contributed by atoms with Crippen molar-refractivity contribution in [3.63, 3.8) is 0 Å². The fourth-order valence-electron chi connectivity index (χ4n) is 3.30. The van der Waals surface area contributed by atoms with Crippen LogP contribution in [-0.2, 0) is 25.4 Å². The molecule has 1 amide bonds. The van der Waals surface area contributed by atoms with Gasteiger partial charge >= 0.3 is 6.18 Å². The first-order valence-electron chi connectivity index (χ1n) is 8.88. The first-order valence-corrected chi connectivity index (χ1v) is 9.61. The molecule has 0 fully saturated rings. The Labute approximate surface area is 162 Å².